The average molecular weight is 644 g/mol. The Balaban J connectivity index is 1.22. The molecule has 2 N–H and O–H groups in total. The number of carbonyl (C=O) groups excluding carboxylic acids is 3. The summed E-state index contributed by atoms with van der Waals surface area (Å²) in [5.41, 5.74) is 3.88. The third-order valence-electron chi connectivity index (χ3n) is 6.54. The van der Waals surface area contributed by atoms with Crippen molar-refractivity contribution in [1.82, 2.24) is 5.43 Å². The van der Waals surface area contributed by atoms with Crippen molar-refractivity contribution in [3.63, 3.8) is 0 Å². The van der Waals surface area contributed by atoms with Gasteiger partial charge in [-0.25, -0.2) is 10.2 Å². The van der Waals surface area contributed by atoms with Crippen LogP contribution in [-0.2, 0) is 0 Å². The van der Waals surface area contributed by atoms with Gasteiger partial charge in [0.25, 0.3) is 11.8 Å². The zero-order valence-corrected chi connectivity index (χ0v) is 25.8. The van der Waals surface area contributed by atoms with Crippen LogP contribution in [0.1, 0.15) is 36.0 Å². The maximum absolute atomic E-state index is 13.0. The molecule has 0 radical (unpaired) electrons. The standard InChI is InChI=1S/C33H26ClN3O7S/c1-41-25-16-21(17-26(42-2)29(25)43-3)33(40)44-24-10-6-4-8-20(24)18-35-37-31(38)19-12-14-22(15-13-19)36-32(39)30-28(34)23-9-5-7-11-27(23)45-30/h4-18H,1-3H3,(H,36,39)(H,37,38)/b35-18-. The average Bonchev–Trinajstić information content (AvgIpc) is 3.41. The molecule has 10 nitrogen and oxygen atoms in total. The van der Waals surface area contributed by atoms with Gasteiger partial charge in [-0.3, -0.25) is 9.59 Å². The van der Waals surface area contributed by atoms with Crippen LogP contribution >= 0.6 is 22.9 Å². The Bertz CT molecular complexity index is 1900. The van der Waals surface area contributed by atoms with Gasteiger partial charge in [0, 0.05) is 26.9 Å². The Labute approximate surface area is 267 Å². The first-order chi connectivity index (χ1) is 21.8. The summed E-state index contributed by atoms with van der Waals surface area (Å²) in [6.07, 6.45) is 1.36. The summed E-state index contributed by atoms with van der Waals surface area (Å²) in [4.78, 5) is 38.9. The normalized spacial score (nSPS) is 10.8. The van der Waals surface area contributed by atoms with Crippen molar-refractivity contribution < 1.29 is 33.3 Å². The number of halogens is 1. The monoisotopic (exact) mass is 643 g/mol. The highest BCUT2D eigenvalue weighted by Gasteiger charge is 2.20. The van der Waals surface area contributed by atoms with E-state index >= 15 is 0 Å². The third kappa shape index (κ3) is 6.90. The maximum atomic E-state index is 13.0. The van der Waals surface area contributed by atoms with Crippen LogP contribution in [0.3, 0.4) is 0 Å². The van der Waals surface area contributed by atoms with Crippen LogP contribution in [-0.4, -0.2) is 45.3 Å². The Morgan fingerprint density at radius 1 is 0.778 bits per heavy atom. The van der Waals surface area contributed by atoms with Crippen LogP contribution in [0.2, 0.25) is 5.02 Å². The van der Waals surface area contributed by atoms with Crippen LogP contribution in [0, 0.1) is 0 Å². The Hall–Kier alpha value is -5.39. The van der Waals surface area contributed by atoms with Crippen LogP contribution in [0.25, 0.3) is 10.1 Å². The fraction of sp³-hybridized carbons (Fsp3) is 0.0909. The lowest BCUT2D eigenvalue weighted by atomic mass is 10.1. The lowest BCUT2D eigenvalue weighted by Crippen LogP contribution is -2.18. The van der Waals surface area contributed by atoms with Gasteiger partial charge in [-0.2, -0.15) is 5.10 Å². The van der Waals surface area contributed by atoms with Crippen LogP contribution in [0.4, 0.5) is 5.69 Å². The fourth-order valence-electron chi connectivity index (χ4n) is 4.32. The van der Waals surface area contributed by atoms with Crippen molar-refractivity contribution >= 4 is 62.7 Å². The van der Waals surface area contributed by atoms with Gasteiger partial charge in [0.05, 0.1) is 38.1 Å². The largest absolute Gasteiger partial charge is 0.493 e. The van der Waals surface area contributed by atoms with E-state index < -0.39 is 11.9 Å². The minimum Gasteiger partial charge on any atom is -0.493 e. The van der Waals surface area contributed by atoms with E-state index in [1.54, 1.807) is 48.5 Å². The Morgan fingerprint density at radius 2 is 1.44 bits per heavy atom. The molecule has 0 aliphatic rings. The number of hydrogen-bond donors (Lipinski definition) is 2. The molecule has 0 spiro atoms. The number of carbonyl (C=O) groups is 3. The number of rotatable bonds is 10. The van der Waals surface area contributed by atoms with Crippen molar-refractivity contribution in [2.75, 3.05) is 26.6 Å². The van der Waals surface area contributed by atoms with Crippen LogP contribution in [0.15, 0.2) is 90.0 Å². The molecule has 2 amide bonds. The summed E-state index contributed by atoms with van der Waals surface area (Å²) in [6.45, 7) is 0. The van der Waals surface area contributed by atoms with E-state index in [9.17, 15) is 14.4 Å². The van der Waals surface area contributed by atoms with Crippen molar-refractivity contribution in [2.24, 2.45) is 5.10 Å². The number of para-hydroxylation sites is 1. The number of esters is 1. The second-order valence-corrected chi connectivity index (χ2v) is 10.7. The molecule has 1 aromatic heterocycles. The summed E-state index contributed by atoms with van der Waals surface area (Å²) >= 11 is 7.73. The zero-order chi connectivity index (χ0) is 31.9. The number of anilines is 1. The van der Waals surface area contributed by atoms with E-state index in [1.165, 1.54) is 51.0 Å². The summed E-state index contributed by atoms with van der Waals surface area (Å²) in [6, 6.07) is 23.5. The first-order valence-electron chi connectivity index (χ1n) is 13.4. The highest BCUT2D eigenvalue weighted by molar-refractivity contribution is 7.21. The highest BCUT2D eigenvalue weighted by Crippen LogP contribution is 2.39. The van der Waals surface area contributed by atoms with Crippen LogP contribution in [0.5, 0.6) is 23.0 Å². The van der Waals surface area contributed by atoms with Gasteiger partial charge in [-0.05, 0) is 54.6 Å². The van der Waals surface area contributed by atoms with Gasteiger partial charge in [-0.15, -0.1) is 11.3 Å². The molecule has 0 atom stereocenters. The molecule has 5 aromatic rings. The van der Waals surface area contributed by atoms with E-state index in [-0.39, 0.29) is 17.2 Å². The van der Waals surface area contributed by atoms with E-state index in [2.05, 4.69) is 15.8 Å². The van der Waals surface area contributed by atoms with E-state index in [0.717, 1.165) is 10.1 Å². The fourth-order valence-corrected chi connectivity index (χ4v) is 5.73. The van der Waals surface area contributed by atoms with Crippen molar-refractivity contribution in [1.29, 1.82) is 0 Å². The first kappa shape index (κ1) is 31.0. The summed E-state index contributed by atoms with van der Waals surface area (Å²) in [5, 5.41) is 8.05. The molecule has 0 saturated carbocycles. The lowest BCUT2D eigenvalue weighted by Gasteiger charge is -2.14. The molecule has 0 fully saturated rings. The Kier molecular flexibility index (Phi) is 9.61. The second kappa shape index (κ2) is 13.9. The molecule has 0 bridgehead atoms. The summed E-state index contributed by atoms with van der Waals surface area (Å²) in [5.74, 6) is -0.323. The van der Waals surface area contributed by atoms with Crippen molar-refractivity contribution in [2.45, 2.75) is 0 Å². The number of thiophene rings is 1. The molecule has 0 saturated heterocycles. The third-order valence-corrected chi connectivity index (χ3v) is 8.21. The van der Waals surface area contributed by atoms with Gasteiger partial charge in [0.15, 0.2) is 11.5 Å². The quantitative estimate of drug-likeness (QED) is 0.0741. The molecule has 45 heavy (non-hydrogen) atoms. The smallest absolute Gasteiger partial charge is 0.343 e. The number of fused-ring (bicyclic) bond motifs is 1. The number of methoxy groups -OCH3 is 3. The number of amides is 2. The topological polar surface area (TPSA) is 125 Å². The number of hydrogen-bond acceptors (Lipinski definition) is 9. The van der Waals surface area contributed by atoms with Gasteiger partial charge < -0.3 is 24.3 Å². The van der Waals surface area contributed by atoms with E-state index in [0.29, 0.717) is 44.0 Å². The second-order valence-electron chi connectivity index (χ2n) is 9.31. The predicted molar refractivity (Wildman–Crippen MR) is 174 cm³/mol. The SMILES string of the molecule is COc1cc(C(=O)Oc2ccccc2/C=N\NC(=O)c2ccc(NC(=O)c3sc4ccccc4c3Cl)cc2)cc(OC)c1OC. The van der Waals surface area contributed by atoms with E-state index in [1.807, 2.05) is 24.3 Å². The van der Waals surface area contributed by atoms with Gasteiger partial charge in [0.2, 0.25) is 5.75 Å². The molecular formula is C33H26ClN3O7S. The summed E-state index contributed by atoms with van der Waals surface area (Å²) < 4.78 is 22.5. The van der Waals surface area contributed by atoms with Crippen LogP contribution < -0.4 is 29.7 Å². The number of benzene rings is 4. The molecule has 0 aliphatic carbocycles. The maximum Gasteiger partial charge on any atom is 0.343 e. The van der Waals surface area contributed by atoms with Gasteiger partial charge >= 0.3 is 5.97 Å². The summed E-state index contributed by atoms with van der Waals surface area (Å²) in [7, 11) is 4.36. The number of hydrazone groups is 1. The Morgan fingerprint density at radius 3 is 2.11 bits per heavy atom. The van der Waals surface area contributed by atoms with Gasteiger partial charge in [-0.1, -0.05) is 41.9 Å². The van der Waals surface area contributed by atoms with Gasteiger partial charge in [0.1, 0.15) is 10.6 Å². The molecule has 0 unspecified atom stereocenters. The first-order valence-corrected chi connectivity index (χ1v) is 14.6. The van der Waals surface area contributed by atoms with Crippen molar-refractivity contribution in [3.8, 4) is 23.0 Å². The minimum atomic E-state index is -0.666. The van der Waals surface area contributed by atoms with Crippen molar-refractivity contribution in [3.05, 3.63) is 112 Å². The molecule has 5 rings (SSSR count). The lowest BCUT2D eigenvalue weighted by molar-refractivity contribution is 0.0733. The van der Waals surface area contributed by atoms with E-state index in [4.69, 9.17) is 30.5 Å². The number of ether oxygens (including phenoxy) is 4. The molecule has 12 heteroatoms. The molecule has 4 aromatic carbocycles. The number of nitrogens with zero attached hydrogens (tertiary/aromatic N) is 1. The zero-order valence-electron chi connectivity index (χ0n) is 24.3. The minimum absolute atomic E-state index is 0.177. The predicted octanol–water partition coefficient (Wildman–Crippen LogP) is 6.82. The number of nitrogens with one attached hydrogen (secondary N) is 2. The molecule has 1 heterocycles. The molecule has 0 aliphatic heterocycles. The molecular weight excluding hydrogens is 618 g/mol. The highest BCUT2D eigenvalue weighted by atomic mass is 35.5. The molecule has 228 valence electrons.